The van der Waals surface area contributed by atoms with E-state index in [9.17, 15) is 10.1 Å². The molecule has 0 N–H and O–H groups in total. The van der Waals surface area contributed by atoms with Crippen LogP contribution in [0.3, 0.4) is 0 Å². The van der Waals surface area contributed by atoms with Gasteiger partial charge in [-0.25, -0.2) is 4.98 Å². The quantitative estimate of drug-likeness (QED) is 0.314. The fraction of sp³-hybridized carbons (Fsp3) is 0.118. The number of non-ortho nitro benzene ring substituents is 1. The summed E-state index contributed by atoms with van der Waals surface area (Å²) in [6.45, 7) is 0.186. The van der Waals surface area contributed by atoms with Crippen molar-refractivity contribution in [3.8, 4) is 5.75 Å². The van der Waals surface area contributed by atoms with Gasteiger partial charge in [0.25, 0.3) is 5.69 Å². The third-order valence-electron chi connectivity index (χ3n) is 3.31. The Morgan fingerprint density at radius 1 is 1.28 bits per heavy atom. The highest BCUT2D eigenvalue weighted by atomic mass is 79.9. The molecule has 0 saturated heterocycles. The van der Waals surface area contributed by atoms with Gasteiger partial charge in [-0.3, -0.25) is 10.1 Å². The molecule has 1 heterocycles. The van der Waals surface area contributed by atoms with Crippen LogP contribution in [0.2, 0.25) is 0 Å². The molecule has 1 aromatic heterocycles. The highest BCUT2D eigenvalue weighted by Gasteiger charge is 2.09. The number of rotatable bonds is 6. The lowest BCUT2D eigenvalue weighted by Gasteiger charge is -2.07. The van der Waals surface area contributed by atoms with Gasteiger partial charge in [0.15, 0.2) is 6.79 Å². The minimum absolute atomic E-state index is 0.0715. The lowest BCUT2D eigenvalue weighted by atomic mass is 10.2. The summed E-state index contributed by atoms with van der Waals surface area (Å²) >= 11 is 4.87. The van der Waals surface area contributed by atoms with Gasteiger partial charge in [-0.05, 0) is 45.8 Å². The van der Waals surface area contributed by atoms with Gasteiger partial charge in [0, 0.05) is 19.2 Å². The zero-order chi connectivity index (χ0) is 17.8. The summed E-state index contributed by atoms with van der Waals surface area (Å²) in [5, 5.41) is 11.6. The molecule has 3 aromatic rings. The molecule has 0 spiro atoms. The molecular weight excluding hydrogens is 408 g/mol. The Kier molecular flexibility index (Phi) is 5.42. The van der Waals surface area contributed by atoms with Gasteiger partial charge in [0.2, 0.25) is 0 Å². The molecule has 0 unspecified atom stereocenters. The van der Waals surface area contributed by atoms with E-state index in [1.165, 1.54) is 17.4 Å². The zero-order valence-corrected chi connectivity index (χ0v) is 15.5. The number of hydrogen-bond acceptors (Lipinski definition) is 6. The minimum atomic E-state index is -0.403. The molecule has 128 valence electrons. The summed E-state index contributed by atoms with van der Waals surface area (Å²) in [5.74, 6) is 0.700. The minimum Gasteiger partial charge on any atom is -0.466 e. The van der Waals surface area contributed by atoms with E-state index in [1.54, 1.807) is 19.2 Å². The van der Waals surface area contributed by atoms with Crippen LogP contribution in [0.25, 0.3) is 22.4 Å². The van der Waals surface area contributed by atoms with Gasteiger partial charge in [-0.1, -0.05) is 12.1 Å². The number of nitro benzene ring substituents is 1. The van der Waals surface area contributed by atoms with Crippen LogP contribution in [0, 0.1) is 10.1 Å². The van der Waals surface area contributed by atoms with Crippen LogP contribution in [-0.4, -0.2) is 23.8 Å². The maximum Gasteiger partial charge on any atom is 0.270 e. The van der Waals surface area contributed by atoms with Crippen molar-refractivity contribution in [3.05, 3.63) is 61.6 Å². The fourth-order valence-electron chi connectivity index (χ4n) is 2.14. The summed E-state index contributed by atoms with van der Waals surface area (Å²) in [7, 11) is 1.57. The van der Waals surface area contributed by atoms with Gasteiger partial charge in [0.05, 0.1) is 19.6 Å². The number of fused-ring (bicyclic) bond motifs is 1. The highest BCUT2D eigenvalue weighted by Crippen LogP contribution is 2.29. The maximum atomic E-state index is 10.8. The second kappa shape index (κ2) is 7.73. The average Bonchev–Trinajstić information content (AvgIpc) is 3.01. The number of hydrogen-bond donors (Lipinski definition) is 0. The summed E-state index contributed by atoms with van der Waals surface area (Å²) in [6, 6.07) is 10.4. The third-order valence-corrected chi connectivity index (χ3v) is 4.91. The lowest BCUT2D eigenvalue weighted by Crippen LogP contribution is -1.99. The monoisotopic (exact) mass is 420 g/mol. The maximum absolute atomic E-state index is 10.8. The molecular formula is C17H13BrN2O4S. The predicted molar refractivity (Wildman–Crippen MR) is 102 cm³/mol. The van der Waals surface area contributed by atoms with Crippen LogP contribution in [0.1, 0.15) is 10.6 Å². The number of thiazole rings is 1. The number of halogens is 1. The zero-order valence-electron chi connectivity index (χ0n) is 13.1. The molecule has 0 radical (unpaired) electrons. The van der Waals surface area contributed by atoms with Crippen LogP contribution >= 0.6 is 27.3 Å². The second-order valence-electron chi connectivity index (χ2n) is 5.04. The first-order valence-corrected chi connectivity index (χ1v) is 8.82. The largest absolute Gasteiger partial charge is 0.466 e. The Labute approximate surface area is 156 Å². The second-order valence-corrected chi connectivity index (χ2v) is 6.95. The van der Waals surface area contributed by atoms with Crippen LogP contribution < -0.4 is 4.74 Å². The van der Waals surface area contributed by atoms with E-state index in [2.05, 4.69) is 20.9 Å². The molecule has 0 bridgehead atoms. The first-order valence-electron chi connectivity index (χ1n) is 7.21. The number of benzene rings is 2. The molecule has 0 fully saturated rings. The Hall–Kier alpha value is -2.29. The molecule has 6 nitrogen and oxygen atoms in total. The normalized spacial score (nSPS) is 11.3. The topological polar surface area (TPSA) is 74.5 Å². The van der Waals surface area contributed by atoms with E-state index in [0.29, 0.717) is 5.75 Å². The van der Waals surface area contributed by atoms with Crippen molar-refractivity contribution in [2.75, 3.05) is 13.9 Å². The number of nitrogens with zero attached hydrogens (tertiary/aromatic N) is 2. The molecule has 2 aromatic carbocycles. The van der Waals surface area contributed by atoms with Crippen LogP contribution in [0.15, 0.2) is 40.9 Å². The Morgan fingerprint density at radius 2 is 2.12 bits per heavy atom. The summed E-state index contributed by atoms with van der Waals surface area (Å²) in [4.78, 5) is 14.9. The molecule has 25 heavy (non-hydrogen) atoms. The molecule has 8 heteroatoms. The van der Waals surface area contributed by atoms with E-state index in [-0.39, 0.29) is 12.5 Å². The van der Waals surface area contributed by atoms with E-state index in [0.717, 1.165) is 25.3 Å². The van der Waals surface area contributed by atoms with E-state index in [4.69, 9.17) is 9.47 Å². The first kappa shape index (κ1) is 17.5. The predicted octanol–water partition coefficient (Wildman–Crippen LogP) is 5.12. The van der Waals surface area contributed by atoms with Gasteiger partial charge < -0.3 is 9.47 Å². The summed E-state index contributed by atoms with van der Waals surface area (Å²) < 4.78 is 11.9. The summed E-state index contributed by atoms with van der Waals surface area (Å²) in [5.41, 5.74) is 1.80. The molecule has 0 amide bonds. The van der Waals surface area contributed by atoms with Crippen LogP contribution in [0.5, 0.6) is 5.75 Å². The van der Waals surface area contributed by atoms with Crippen molar-refractivity contribution in [2.45, 2.75) is 0 Å². The summed E-state index contributed by atoms with van der Waals surface area (Å²) in [6.07, 6.45) is 3.81. The third kappa shape index (κ3) is 4.22. The van der Waals surface area contributed by atoms with E-state index >= 15 is 0 Å². The molecule has 0 saturated carbocycles. The standard InChI is InChI=1S/C17H13BrN2O4S/c1-23-10-24-15-6-2-11(8-13(15)18)3-7-17-19-14-5-4-12(20(21)22)9-16(14)25-17/h2-9H,10H2,1H3. The molecule has 0 aliphatic heterocycles. The van der Waals surface area contributed by atoms with E-state index in [1.807, 2.05) is 30.4 Å². The van der Waals surface area contributed by atoms with E-state index < -0.39 is 4.92 Å². The van der Waals surface area contributed by atoms with Gasteiger partial charge in [-0.15, -0.1) is 11.3 Å². The first-order chi connectivity index (χ1) is 12.1. The van der Waals surface area contributed by atoms with Crippen molar-refractivity contribution in [1.29, 1.82) is 0 Å². The highest BCUT2D eigenvalue weighted by molar-refractivity contribution is 9.10. The van der Waals surface area contributed by atoms with Gasteiger partial charge in [0.1, 0.15) is 10.8 Å². The number of aromatic nitrogens is 1. The average molecular weight is 421 g/mol. The number of nitro groups is 1. The molecule has 3 rings (SSSR count). The van der Waals surface area contributed by atoms with Crippen LogP contribution in [-0.2, 0) is 4.74 Å². The number of ether oxygens (including phenoxy) is 2. The number of methoxy groups -OCH3 is 1. The van der Waals surface area contributed by atoms with Crippen LogP contribution in [0.4, 0.5) is 5.69 Å². The Morgan fingerprint density at radius 3 is 2.84 bits per heavy atom. The molecule has 0 aliphatic carbocycles. The Balaban J connectivity index is 1.80. The molecule has 0 aliphatic rings. The van der Waals surface area contributed by atoms with Gasteiger partial charge in [-0.2, -0.15) is 0 Å². The van der Waals surface area contributed by atoms with Crippen molar-refractivity contribution in [1.82, 2.24) is 4.98 Å². The van der Waals surface area contributed by atoms with Crippen molar-refractivity contribution < 1.29 is 14.4 Å². The molecule has 0 atom stereocenters. The van der Waals surface area contributed by atoms with Crippen molar-refractivity contribution in [2.24, 2.45) is 0 Å². The van der Waals surface area contributed by atoms with Crippen molar-refractivity contribution in [3.63, 3.8) is 0 Å². The smallest absolute Gasteiger partial charge is 0.270 e. The van der Waals surface area contributed by atoms with Gasteiger partial charge >= 0.3 is 0 Å². The Bertz CT molecular complexity index is 955. The lowest BCUT2D eigenvalue weighted by molar-refractivity contribution is -0.384. The fourth-order valence-corrected chi connectivity index (χ4v) is 3.56. The van der Waals surface area contributed by atoms with Crippen molar-refractivity contribution >= 4 is 55.3 Å². The SMILES string of the molecule is COCOc1ccc(C=Cc2nc3ccc([N+](=O)[O-])cc3s2)cc1Br.